The van der Waals surface area contributed by atoms with Crippen molar-refractivity contribution in [3.63, 3.8) is 0 Å². The van der Waals surface area contributed by atoms with Crippen LogP contribution in [0.2, 0.25) is 0 Å². The van der Waals surface area contributed by atoms with Gasteiger partial charge in [-0.05, 0) is 18.9 Å². The molecular formula is C16H20N6O2. The van der Waals surface area contributed by atoms with Crippen LogP contribution in [0.4, 0.5) is 11.8 Å². The lowest BCUT2D eigenvalue weighted by Crippen LogP contribution is -2.31. The molecule has 0 aliphatic carbocycles. The predicted octanol–water partition coefficient (Wildman–Crippen LogP) is 1.71. The summed E-state index contributed by atoms with van der Waals surface area (Å²) >= 11 is 0. The van der Waals surface area contributed by atoms with Crippen molar-refractivity contribution in [2.45, 2.75) is 25.3 Å². The Morgan fingerprint density at radius 3 is 3.00 bits per heavy atom. The molecule has 2 aromatic rings. The molecule has 8 heteroatoms. The summed E-state index contributed by atoms with van der Waals surface area (Å²) in [5.41, 5.74) is 0.777. The van der Waals surface area contributed by atoms with E-state index in [1.807, 2.05) is 4.90 Å². The summed E-state index contributed by atoms with van der Waals surface area (Å²) in [7, 11) is 1.60. The number of nitrogens with zero attached hydrogens (tertiary/aromatic N) is 5. The fourth-order valence-electron chi connectivity index (χ4n) is 2.79. The predicted molar refractivity (Wildman–Crippen MR) is 87.5 cm³/mol. The second kappa shape index (κ2) is 7.78. The molecule has 126 valence electrons. The number of ether oxygens (including phenoxy) is 1. The molecule has 1 saturated heterocycles. The van der Waals surface area contributed by atoms with Crippen molar-refractivity contribution < 1.29 is 9.53 Å². The minimum absolute atomic E-state index is 0.0414. The van der Waals surface area contributed by atoms with Gasteiger partial charge >= 0.3 is 0 Å². The zero-order valence-electron chi connectivity index (χ0n) is 13.6. The van der Waals surface area contributed by atoms with Gasteiger partial charge in [0, 0.05) is 26.0 Å². The number of hydrogen-bond donors (Lipinski definition) is 1. The van der Waals surface area contributed by atoms with E-state index in [1.54, 1.807) is 38.0 Å². The van der Waals surface area contributed by atoms with Crippen LogP contribution in [0.1, 0.15) is 31.0 Å². The number of likely N-dealkylation sites (tertiary alicyclic amines) is 1. The minimum Gasteiger partial charge on any atom is -0.384 e. The molecule has 1 amide bonds. The van der Waals surface area contributed by atoms with Crippen molar-refractivity contribution in [3.05, 3.63) is 36.5 Å². The summed E-state index contributed by atoms with van der Waals surface area (Å²) in [6, 6.07) is 1.70. The molecule has 2 aromatic heterocycles. The first-order valence-electron chi connectivity index (χ1n) is 7.92. The van der Waals surface area contributed by atoms with Crippen LogP contribution in [0, 0.1) is 0 Å². The minimum atomic E-state index is -0.0414. The Balaban J connectivity index is 1.74. The van der Waals surface area contributed by atoms with E-state index < -0.39 is 0 Å². The summed E-state index contributed by atoms with van der Waals surface area (Å²) in [5, 5.41) is 3.03. The third kappa shape index (κ3) is 3.83. The van der Waals surface area contributed by atoms with Crippen LogP contribution in [-0.4, -0.2) is 51.0 Å². The van der Waals surface area contributed by atoms with E-state index in [0.717, 1.165) is 25.1 Å². The molecular weight excluding hydrogens is 308 g/mol. The third-order valence-electron chi connectivity index (χ3n) is 3.89. The zero-order valence-corrected chi connectivity index (χ0v) is 13.6. The van der Waals surface area contributed by atoms with Crippen molar-refractivity contribution in [1.29, 1.82) is 0 Å². The Morgan fingerprint density at radius 2 is 2.21 bits per heavy atom. The number of aromatic nitrogens is 4. The van der Waals surface area contributed by atoms with E-state index in [0.29, 0.717) is 24.8 Å². The Hall–Kier alpha value is -2.61. The van der Waals surface area contributed by atoms with Gasteiger partial charge in [0.15, 0.2) is 5.82 Å². The van der Waals surface area contributed by atoms with Crippen molar-refractivity contribution in [2.75, 3.05) is 25.6 Å². The molecule has 3 rings (SSSR count). The second-order valence-electron chi connectivity index (χ2n) is 5.51. The maximum absolute atomic E-state index is 12.3. The fourth-order valence-corrected chi connectivity index (χ4v) is 2.79. The number of amides is 1. The molecule has 1 atom stereocenters. The van der Waals surface area contributed by atoms with Crippen molar-refractivity contribution in [2.24, 2.45) is 0 Å². The molecule has 0 saturated carbocycles. The van der Waals surface area contributed by atoms with Crippen LogP contribution in [0.15, 0.2) is 30.9 Å². The SMILES string of the molecule is COCCC(=O)N1CCCC1c1cncc(Nc2ncccn2)n1. The van der Waals surface area contributed by atoms with Crippen molar-refractivity contribution in [1.82, 2.24) is 24.8 Å². The summed E-state index contributed by atoms with van der Waals surface area (Å²) in [6.45, 7) is 1.18. The molecule has 1 fully saturated rings. The maximum Gasteiger partial charge on any atom is 0.228 e. The number of nitrogens with one attached hydrogen (secondary N) is 1. The van der Waals surface area contributed by atoms with Crippen molar-refractivity contribution in [3.8, 4) is 0 Å². The van der Waals surface area contributed by atoms with Crippen LogP contribution >= 0.6 is 0 Å². The first-order chi connectivity index (χ1) is 11.8. The van der Waals surface area contributed by atoms with E-state index in [4.69, 9.17) is 4.74 Å². The largest absolute Gasteiger partial charge is 0.384 e. The number of hydrogen-bond acceptors (Lipinski definition) is 7. The van der Waals surface area contributed by atoms with Crippen LogP contribution in [0.5, 0.6) is 0 Å². The van der Waals surface area contributed by atoms with Crippen LogP contribution in [0.25, 0.3) is 0 Å². The van der Waals surface area contributed by atoms with Gasteiger partial charge in [0.2, 0.25) is 11.9 Å². The van der Waals surface area contributed by atoms with Gasteiger partial charge in [-0.1, -0.05) is 0 Å². The summed E-state index contributed by atoms with van der Waals surface area (Å²) in [6.07, 6.45) is 8.87. The van der Waals surface area contributed by atoms with E-state index >= 15 is 0 Å². The molecule has 8 nitrogen and oxygen atoms in total. The Bertz CT molecular complexity index is 681. The van der Waals surface area contributed by atoms with Crippen LogP contribution in [0.3, 0.4) is 0 Å². The smallest absolute Gasteiger partial charge is 0.228 e. The highest BCUT2D eigenvalue weighted by atomic mass is 16.5. The van der Waals surface area contributed by atoms with Crippen LogP contribution in [-0.2, 0) is 9.53 Å². The Kier molecular flexibility index (Phi) is 5.27. The molecule has 1 aliphatic rings. The van der Waals surface area contributed by atoms with Crippen molar-refractivity contribution >= 4 is 17.7 Å². The molecule has 1 aliphatic heterocycles. The average Bonchev–Trinajstić information content (AvgIpc) is 3.11. The van der Waals surface area contributed by atoms with Gasteiger partial charge in [0.1, 0.15) is 0 Å². The third-order valence-corrected chi connectivity index (χ3v) is 3.89. The topological polar surface area (TPSA) is 93.1 Å². The molecule has 0 bridgehead atoms. The number of methoxy groups -OCH3 is 1. The highest BCUT2D eigenvalue weighted by Crippen LogP contribution is 2.31. The molecule has 1 N–H and O–H groups in total. The van der Waals surface area contributed by atoms with Gasteiger partial charge in [0.25, 0.3) is 0 Å². The first kappa shape index (κ1) is 16.3. The van der Waals surface area contributed by atoms with Gasteiger partial charge in [-0.2, -0.15) is 0 Å². The Morgan fingerprint density at radius 1 is 1.38 bits per heavy atom. The number of anilines is 2. The maximum atomic E-state index is 12.3. The lowest BCUT2D eigenvalue weighted by molar-refractivity contribution is -0.133. The van der Waals surface area contributed by atoms with Gasteiger partial charge in [0.05, 0.1) is 37.2 Å². The average molecular weight is 328 g/mol. The lowest BCUT2D eigenvalue weighted by Gasteiger charge is -2.24. The highest BCUT2D eigenvalue weighted by molar-refractivity contribution is 5.77. The van der Waals surface area contributed by atoms with E-state index in [2.05, 4.69) is 25.3 Å². The molecule has 0 spiro atoms. The Labute approximate surface area is 140 Å². The number of carbonyl (C=O) groups is 1. The summed E-state index contributed by atoms with van der Waals surface area (Å²) in [4.78, 5) is 31.2. The molecule has 0 radical (unpaired) electrons. The summed E-state index contributed by atoms with van der Waals surface area (Å²) in [5.74, 6) is 1.11. The van der Waals surface area contributed by atoms with Gasteiger partial charge in [-0.25, -0.2) is 15.0 Å². The van der Waals surface area contributed by atoms with E-state index in [1.165, 1.54) is 0 Å². The first-order valence-corrected chi connectivity index (χ1v) is 7.92. The molecule has 3 heterocycles. The number of rotatable bonds is 6. The van der Waals surface area contributed by atoms with Gasteiger partial charge < -0.3 is 15.0 Å². The normalized spacial score (nSPS) is 17.0. The van der Waals surface area contributed by atoms with E-state index in [-0.39, 0.29) is 11.9 Å². The summed E-state index contributed by atoms with van der Waals surface area (Å²) < 4.78 is 5.00. The standard InChI is InChI=1S/C16H20N6O2/c1-24-9-5-15(23)22-8-2-4-13(22)12-10-17-11-14(20-12)21-16-18-6-3-7-19-16/h3,6-7,10-11,13H,2,4-5,8-9H2,1H3,(H,18,19,20,21). The van der Waals surface area contributed by atoms with Gasteiger partial charge in [-0.3, -0.25) is 9.78 Å². The number of carbonyl (C=O) groups excluding carboxylic acids is 1. The van der Waals surface area contributed by atoms with E-state index in [9.17, 15) is 4.79 Å². The zero-order chi connectivity index (χ0) is 16.8. The van der Waals surface area contributed by atoms with Crippen LogP contribution < -0.4 is 5.32 Å². The lowest BCUT2D eigenvalue weighted by atomic mass is 10.1. The fraction of sp³-hybridized carbons (Fsp3) is 0.438. The van der Waals surface area contributed by atoms with Gasteiger partial charge in [-0.15, -0.1) is 0 Å². The monoisotopic (exact) mass is 328 g/mol. The molecule has 24 heavy (non-hydrogen) atoms. The highest BCUT2D eigenvalue weighted by Gasteiger charge is 2.30. The quantitative estimate of drug-likeness (QED) is 0.862. The second-order valence-corrected chi connectivity index (χ2v) is 5.51. The molecule has 1 unspecified atom stereocenters. The molecule has 0 aromatic carbocycles.